The van der Waals surface area contributed by atoms with Crippen molar-refractivity contribution >= 4 is 32.4 Å². The summed E-state index contributed by atoms with van der Waals surface area (Å²) < 4.78 is 26.4. The van der Waals surface area contributed by atoms with E-state index in [1.54, 1.807) is 11.6 Å². The van der Waals surface area contributed by atoms with Crippen molar-refractivity contribution in [2.24, 2.45) is 0 Å². The lowest BCUT2D eigenvalue weighted by molar-refractivity contribution is 0.102. The molecule has 2 aromatic rings. The van der Waals surface area contributed by atoms with E-state index in [4.69, 9.17) is 0 Å². The predicted molar refractivity (Wildman–Crippen MR) is 95.7 cm³/mol. The number of carbonyl (C=O) groups is 1. The van der Waals surface area contributed by atoms with Gasteiger partial charge >= 0.3 is 0 Å². The molecule has 0 aliphatic heterocycles. The fourth-order valence-electron chi connectivity index (χ4n) is 1.94. The molecule has 0 aliphatic carbocycles. The number of benzene rings is 1. The molecule has 0 fully saturated rings. The van der Waals surface area contributed by atoms with Crippen LogP contribution in [0, 0.1) is 0 Å². The Balaban J connectivity index is 2.19. The highest BCUT2D eigenvalue weighted by molar-refractivity contribution is 7.89. The molecule has 8 heteroatoms. The molecular weight excluding hydrogens is 346 g/mol. The summed E-state index contributed by atoms with van der Waals surface area (Å²) in [4.78, 5) is 16.2. The van der Waals surface area contributed by atoms with Gasteiger partial charge < -0.3 is 0 Å². The summed E-state index contributed by atoms with van der Waals surface area (Å²) in [7, 11) is -3.67. The summed E-state index contributed by atoms with van der Waals surface area (Å²) in [6.45, 7) is 7.49. The van der Waals surface area contributed by atoms with E-state index in [-0.39, 0.29) is 23.9 Å². The molecule has 6 nitrogen and oxygen atoms in total. The minimum atomic E-state index is -3.67. The maximum Gasteiger partial charge on any atom is 0.257 e. The first kappa shape index (κ1) is 18.1. The first-order valence-electron chi connectivity index (χ1n) is 7.02. The first-order chi connectivity index (χ1) is 11.5. The molecule has 0 unspecified atom stereocenters. The smallest absolute Gasteiger partial charge is 0.257 e. The fraction of sp³-hybridized carbons (Fsp3) is 0.125. The second-order valence-corrected chi connectivity index (χ2v) is 7.55. The van der Waals surface area contributed by atoms with Gasteiger partial charge in [0.25, 0.3) is 5.91 Å². The molecule has 0 aliphatic rings. The van der Waals surface area contributed by atoms with Gasteiger partial charge in [-0.05, 0) is 24.3 Å². The number of amides is 1. The van der Waals surface area contributed by atoms with Crippen LogP contribution in [0.3, 0.4) is 0 Å². The molecule has 0 atom stereocenters. The van der Waals surface area contributed by atoms with Crippen LogP contribution in [-0.2, 0) is 10.0 Å². The van der Waals surface area contributed by atoms with E-state index < -0.39 is 10.0 Å². The van der Waals surface area contributed by atoms with Crippen molar-refractivity contribution in [3.63, 3.8) is 0 Å². The zero-order chi connectivity index (χ0) is 17.6. The van der Waals surface area contributed by atoms with E-state index in [9.17, 15) is 13.2 Å². The van der Waals surface area contributed by atoms with Crippen LogP contribution >= 0.6 is 11.3 Å². The van der Waals surface area contributed by atoms with Crippen LogP contribution in [0.1, 0.15) is 10.4 Å². The van der Waals surface area contributed by atoms with Crippen molar-refractivity contribution in [2.45, 2.75) is 4.90 Å². The number of nitrogens with one attached hydrogen (secondary N) is 1. The Morgan fingerprint density at radius 3 is 2.33 bits per heavy atom. The highest BCUT2D eigenvalue weighted by atomic mass is 32.2. The van der Waals surface area contributed by atoms with Crippen LogP contribution in [0.4, 0.5) is 5.13 Å². The number of aromatic nitrogens is 1. The lowest BCUT2D eigenvalue weighted by atomic mass is 10.2. The topological polar surface area (TPSA) is 79.4 Å². The van der Waals surface area contributed by atoms with Crippen LogP contribution in [0.15, 0.2) is 66.0 Å². The molecule has 1 aromatic heterocycles. The average molecular weight is 363 g/mol. The number of rotatable bonds is 8. The number of anilines is 1. The predicted octanol–water partition coefficient (Wildman–Crippen LogP) is 2.76. The molecule has 126 valence electrons. The Morgan fingerprint density at radius 1 is 1.21 bits per heavy atom. The van der Waals surface area contributed by atoms with Gasteiger partial charge in [0, 0.05) is 30.2 Å². The van der Waals surface area contributed by atoms with E-state index in [1.165, 1.54) is 52.1 Å². The Labute approximate surface area is 145 Å². The summed E-state index contributed by atoms with van der Waals surface area (Å²) in [6.07, 6.45) is 4.61. The second kappa shape index (κ2) is 8.00. The van der Waals surface area contributed by atoms with Gasteiger partial charge in [-0.2, -0.15) is 4.31 Å². The highest BCUT2D eigenvalue weighted by Crippen LogP contribution is 2.18. The maximum atomic E-state index is 12.6. The van der Waals surface area contributed by atoms with Crippen LogP contribution in [0.2, 0.25) is 0 Å². The van der Waals surface area contributed by atoms with Crippen molar-refractivity contribution in [1.29, 1.82) is 0 Å². The molecule has 1 aromatic carbocycles. The van der Waals surface area contributed by atoms with Crippen LogP contribution in [-0.4, -0.2) is 36.7 Å². The van der Waals surface area contributed by atoms with Gasteiger partial charge in [0.15, 0.2) is 5.13 Å². The van der Waals surface area contributed by atoms with Crippen LogP contribution in [0.25, 0.3) is 0 Å². The van der Waals surface area contributed by atoms with E-state index in [0.29, 0.717) is 10.7 Å². The van der Waals surface area contributed by atoms with E-state index in [1.807, 2.05) is 0 Å². The molecule has 0 spiro atoms. The van der Waals surface area contributed by atoms with E-state index in [2.05, 4.69) is 23.5 Å². The van der Waals surface area contributed by atoms with Gasteiger partial charge in [0.2, 0.25) is 10.0 Å². The quantitative estimate of drug-likeness (QED) is 0.732. The van der Waals surface area contributed by atoms with Gasteiger partial charge in [-0.1, -0.05) is 12.2 Å². The fourth-order valence-corrected chi connectivity index (χ4v) is 3.85. The lowest BCUT2D eigenvalue weighted by Gasteiger charge is -2.19. The average Bonchev–Trinajstić information content (AvgIpc) is 3.07. The molecule has 24 heavy (non-hydrogen) atoms. The summed E-state index contributed by atoms with van der Waals surface area (Å²) in [5.41, 5.74) is 0.350. The Hall–Kier alpha value is -2.29. The number of nitrogens with zero attached hydrogens (tertiary/aromatic N) is 2. The van der Waals surface area contributed by atoms with Crippen molar-refractivity contribution in [2.75, 3.05) is 18.4 Å². The molecular formula is C16H17N3O3S2. The normalized spacial score (nSPS) is 11.2. The van der Waals surface area contributed by atoms with Gasteiger partial charge in [0.1, 0.15) is 0 Å². The molecule has 1 N–H and O–H groups in total. The van der Waals surface area contributed by atoms with Gasteiger partial charge in [-0.25, -0.2) is 13.4 Å². The zero-order valence-corrected chi connectivity index (χ0v) is 14.5. The maximum absolute atomic E-state index is 12.6. The number of sulfonamides is 1. The van der Waals surface area contributed by atoms with Crippen molar-refractivity contribution in [1.82, 2.24) is 9.29 Å². The third-order valence-corrected chi connectivity index (χ3v) is 5.61. The van der Waals surface area contributed by atoms with Crippen LogP contribution < -0.4 is 5.32 Å². The first-order valence-corrected chi connectivity index (χ1v) is 9.34. The summed E-state index contributed by atoms with van der Waals surface area (Å²) in [5, 5.41) is 4.88. The largest absolute Gasteiger partial charge is 0.298 e. The standard InChI is InChI=1S/C16H17N3O3S2/c1-3-10-19(11-4-2)24(21,22)14-7-5-13(6-8-14)15(20)18-16-17-9-12-23-16/h3-9,12H,1-2,10-11H2,(H,17,18,20). The number of hydrogen-bond acceptors (Lipinski definition) is 5. The Kier molecular flexibility index (Phi) is 6.02. The summed E-state index contributed by atoms with van der Waals surface area (Å²) in [6, 6.07) is 5.75. The summed E-state index contributed by atoms with van der Waals surface area (Å²) >= 11 is 1.30. The van der Waals surface area contributed by atoms with Crippen molar-refractivity contribution in [3.05, 3.63) is 66.7 Å². The lowest BCUT2D eigenvalue weighted by Crippen LogP contribution is -2.31. The molecule has 0 radical (unpaired) electrons. The van der Waals surface area contributed by atoms with E-state index in [0.717, 1.165) is 0 Å². The van der Waals surface area contributed by atoms with Crippen LogP contribution in [0.5, 0.6) is 0 Å². The summed E-state index contributed by atoms with van der Waals surface area (Å²) in [5.74, 6) is -0.345. The monoisotopic (exact) mass is 363 g/mol. The van der Waals surface area contributed by atoms with Gasteiger partial charge in [-0.3, -0.25) is 10.1 Å². The SMILES string of the molecule is C=CCN(CC=C)S(=O)(=O)c1ccc(C(=O)Nc2nccs2)cc1. The van der Waals surface area contributed by atoms with Gasteiger partial charge in [0.05, 0.1) is 4.90 Å². The zero-order valence-electron chi connectivity index (χ0n) is 12.9. The van der Waals surface area contributed by atoms with Crippen molar-refractivity contribution < 1.29 is 13.2 Å². The molecule has 0 saturated heterocycles. The molecule has 1 heterocycles. The molecule has 1 amide bonds. The second-order valence-electron chi connectivity index (χ2n) is 4.72. The minimum absolute atomic E-state index is 0.108. The molecule has 2 rings (SSSR count). The third kappa shape index (κ3) is 4.16. The Bertz CT molecular complexity index is 803. The molecule has 0 bridgehead atoms. The van der Waals surface area contributed by atoms with Crippen molar-refractivity contribution in [3.8, 4) is 0 Å². The van der Waals surface area contributed by atoms with Gasteiger partial charge in [-0.15, -0.1) is 24.5 Å². The minimum Gasteiger partial charge on any atom is -0.298 e. The Morgan fingerprint density at radius 2 is 1.83 bits per heavy atom. The van der Waals surface area contributed by atoms with E-state index >= 15 is 0 Å². The third-order valence-electron chi connectivity index (χ3n) is 3.07. The number of hydrogen-bond donors (Lipinski definition) is 1. The molecule has 0 saturated carbocycles. The highest BCUT2D eigenvalue weighted by Gasteiger charge is 2.22. The number of carbonyl (C=O) groups excluding carboxylic acids is 1. The number of thiazole rings is 1.